The summed E-state index contributed by atoms with van der Waals surface area (Å²) in [6.45, 7) is 2.78. The monoisotopic (exact) mass is 205 g/mol. The van der Waals surface area contributed by atoms with E-state index in [0.29, 0.717) is 13.2 Å². The van der Waals surface area contributed by atoms with Gasteiger partial charge in [-0.3, -0.25) is 0 Å². The summed E-state index contributed by atoms with van der Waals surface area (Å²) in [6, 6.07) is 4.40. The van der Waals surface area contributed by atoms with E-state index in [4.69, 9.17) is 10.00 Å². The van der Waals surface area contributed by atoms with Crippen LogP contribution in [0.5, 0.6) is 0 Å². The first kappa shape index (κ1) is 10.2. The summed E-state index contributed by atoms with van der Waals surface area (Å²) in [5.41, 5.74) is 0.969. The molecule has 0 aliphatic carbocycles. The highest BCUT2D eigenvalue weighted by Crippen LogP contribution is 2.27. The van der Waals surface area contributed by atoms with Gasteiger partial charge in [0.2, 0.25) is 0 Å². The summed E-state index contributed by atoms with van der Waals surface area (Å²) in [5.74, 6) is 0. The summed E-state index contributed by atoms with van der Waals surface area (Å²) < 4.78 is 5.11. The van der Waals surface area contributed by atoms with Crippen molar-refractivity contribution in [1.82, 2.24) is 9.88 Å². The van der Waals surface area contributed by atoms with Gasteiger partial charge in [-0.2, -0.15) is 5.26 Å². The van der Waals surface area contributed by atoms with Gasteiger partial charge in [-0.05, 0) is 18.7 Å². The van der Waals surface area contributed by atoms with Crippen molar-refractivity contribution in [1.29, 1.82) is 5.26 Å². The number of nitrogens with one attached hydrogen (secondary N) is 1. The van der Waals surface area contributed by atoms with Crippen LogP contribution in [0, 0.1) is 16.7 Å². The normalized spacial score (nSPS) is 18.5. The van der Waals surface area contributed by atoms with Crippen molar-refractivity contribution < 1.29 is 4.74 Å². The van der Waals surface area contributed by atoms with Crippen molar-refractivity contribution in [2.75, 3.05) is 26.8 Å². The van der Waals surface area contributed by atoms with Crippen molar-refractivity contribution >= 4 is 0 Å². The minimum absolute atomic E-state index is 0.273. The second-order valence-corrected chi connectivity index (χ2v) is 4.28. The third-order valence-corrected chi connectivity index (χ3v) is 2.68. The lowest BCUT2D eigenvalue weighted by Crippen LogP contribution is -2.48. The molecule has 0 aromatic carbocycles. The van der Waals surface area contributed by atoms with Gasteiger partial charge >= 0.3 is 0 Å². The van der Waals surface area contributed by atoms with Crippen LogP contribution in [0.4, 0.5) is 0 Å². The molecule has 0 atom stereocenters. The van der Waals surface area contributed by atoms with Crippen molar-refractivity contribution in [3.8, 4) is 6.07 Å². The average molecular weight is 205 g/mol. The van der Waals surface area contributed by atoms with Gasteiger partial charge in [-0.1, -0.05) is 0 Å². The van der Waals surface area contributed by atoms with E-state index in [0.717, 1.165) is 13.1 Å². The Labute approximate surface area is 89.5 Å². The Bertz CT molecular complexity index is 348. The smallest absolute Gasteiger partial charge is 0.116 e. The first-order valence-electron chi connectivity index (χ1n) is 5.03. The van der Waals surface area contributed by atoms with Gasteiger partial charge < -0.3 is 14.6 Å². The van der Waals surface area contributed by atoms with Crippen molar-refractivity contribution in [2.24, 2.45) is 5.41 Å². The minimum Gasteiger partial charge on any atom is -0.378 e. The van der Waals surface area contributed by atoms with Gasteiger partial charge in [0.15, 0.2) is 0 Å². The first-order valence-corrected chi connectivity index (χ1v) is 5.03. The molecular formula is C11H15N3O. The highest BCUT2D eigenvalue weighted by molar-refractivity contribution is 5.09. The number of hydrogen-bond donors (Lipinski definition) is 1. The molecule has 15 heavy (non-hydrogen) atoms. The topological polar surface area (TPSA) is 52.0 Å². The number of ether oxygens (including phenoxy) is 1. The van der Waals surface area contributed by atoms with Crippen molar-refractivity contribution in [3.63, 3.8) is 0 Å². The van der Waals surface area contributed by atoms with Gasteiger partial charge in [0.05, 0.1) is 19.3 Å². The maximum Gasteiger partial charge on any atom is 0.116 e. The summed E-state index contributed by atoms with van der Waals surface area (Å²) in [7, 11) is 2.03. The quantitative estimate of drug-likeness (QED) is 0.797. The summed E-state index contributed by atoms with van der Waals surface area (Å²) in [6.07, 6.45) is 3.89. The van der Waals surface area contributed by atoms with Crippen LogP contribution in [0.2, 0.25) is 0 Å². The van der Waals surface area contributed by atoms with Gasteiger partial charge in [0.25, 0.3) is 0 Å². The standard InChI is InChI=1S/C11H15N3O/c1-14(5-10-2-3-13-4-10)7-11(6-12)8-15-9-11/h2-4,13H,5,7-9H2,1H3. The lowest BCUT2D eigenvalue weighted by Gasteiger charge is -2.37. The molecule has 2 rings (SSSR count). The molecule has 4 nitrogen and oxygen atoms in total. The highest BCUT2D eigenvalue weighted by Gasteiger charge is 2.39. The number of aromatic amines is 1. The van der Waals surface area contributed by atoms with E-state index in [9.17, 15) is 0 Å². The highest BCUT2D eigenvalue weighted by atomic mass is 16.5. The fraction of sp³-hybridized carbons (Fsp3) is 0.545. The molecule has 0 bridgehead atoms. The Morgan fingerprint density at radius 2 is 2.47 bits per heavy atom. The molecule has 1 aromatic heterocycles. The molecule has 1 aliphatic rings. The van der Waals surface area contributed by atoms with Crippen LogP contribution in [0.3, 0.4) is 0 Å². The Kier molecular flexibility index (Phi) is 2.76. The van der Waals surface area contributed by atoms with Gasteiger partial charge in [0.1, 0.15) is 5.41 Å². The molecule has 0 unspecified atom stereocenters. The minimum atomic E-state index is -0.273. The number of nitrogens with zero attached hydrogens (tertiary/aromatic N) is 2. The van der Waals surface area contributed by atoms with Crippen LogP contribution >= 0.6 is 0 Å². The fourth-order valence-electron chi connectivity index (χ4n) is 1.88. The predicted octanol–water partition coefficient (Wildman–Crippen LogP) is 0.987. The van der Waals surface area contributed by atoms with Crippen LogP contribution in [-0.2, 0) is 11.3 Å². The largest absolute Gasteiger partial charge is 0.378 e. The van der Waals surface area contributed by atoms with Crippen LogP contribution in [-0.4, -0.2) is 36.7 Å². The third kappa shape index (κ3) is 2.20. The molecule has 1 aromatic rings. The van der Waals surface area contributed by atoms with Crippen LogP contribution in [0.25, 0.3) is 0 Å². The number of nitriles is 1. The molecule has 1 fully saturated rings. The number of rotatable bonds is 4. The second-order valence-electron chi connectivity index (χ2n) is 4.28. The van der Waals surface area contributed by atoms with Crippen LogP contribution in [0.15, 0.2) is 18.5 Å². The van der Waals surface area contributed by atoms with E-state index < -0.39 is 0 Å². The zero-order chi connectivity index (χ0) is 10.7. The molecule has 0 spiro atoms. The van der Waals surface area contributed by atoms with Gasteiger partial charge in [-0.15, -0.1) is 0 Å². The number of hydrogen-bond acceptors (Lipinski definition) is 3. The fourth-order valence-corrected chi connectivity index (χ4v) is 1.88. The third-order valence-electron chi connectivity index (χ3n) is 2.68. The van der Waals surface area contributed by atoms with Gasteiger partial charge in [-0.25, -0.2) is 0 Å². The van der Waals surface area contributed by atoms with Gasteiger partial charge in [0, 0.05) is 25.5 Å². The molecule has 80 valence electrons. The van der Waals surface area contributed by atoms with Crippen molar-refractivity contribution in [2.45, 2.75) is 6.54 Å². The van der Waals surface area contributed by atoms with Crippen molar-refractivity contribution in [3.05, 3.63) is 24.0 Å². The zero-order valence-electron chi connectivity index (χ0n) is 8.86. The molecule has 2 heterocycles. The summed E-state index contributed by atoms with van der Waals surface area (Å²) in [5, 5.41) is 9.05. The van der Waals surface area contributed by atoms with E-state index in [-0.39, 0.29) is 5.41 Å². The molecule has 0 amide bonds. The molecule has 1 saturated heterocycles. The van der Waals surface area contributed by atoms with Crippen LogP contribution in [0.1, 0.15) is 5.56 Å². The van der Waals surface area contributed by atoms with E-state index in [1.54, 1.807) is 0 Å². The molecule has 0 radical (unpaired) electrons. The first-order chi connectivity index (χ1) is 7.24. The molecule has 1 aliphatic heterocycles. The Hall–Kier alpha value is -1.31. The van der Waals surface area contributed by atoms with Crippen LogP contribution < -0.4 is 0 Å². The number of H-pyrrole nitrogens is 1. The Morgan fingerprint density at radius 3 is 2.93 bits per heavy atom. The maximum absolute atomic E-state index is 9.05. The van der Waals surface area contributed by atoms with E-state index in [1.807, 2.05) is 25.5 Å². The van der Waals surface area contributed by atoms with E-state index in [1.165, 1.54) is 5.56 Å². The summed E-state index contributed by atoms with van der Waals surface area (Å²) >= 11 is 0. The summed E-state index contributed by atoms with van der Waals surface area (Å²) in [4.78, 5) is 5.19. The maximum atomic E-state index is 9.05. The molecule has 4 heteroatoms. The predicted molar refractivity (Wildman–Crippen MR) is 56.0 cm³/mol. The zero-order valence-corrected chi connectivity index (χ0v) is 8.86. The lowest BCUT2D eigenvalue weighted by molar-refractivity contribution is -0.0895. The SMILES string of the molecule is CN(Cc1cc[nH]c1)CC1(C#N)COC1. The average Bonchev–Trinajstić information content (AvgIpc) is 2.64. The molecular weight excluding hydrogens is 190 g/mol. The Morgan fingerprint density at radius 1 is 1.67 bits per heavy atom. The van der Waals surface area contributed by atoms with E-state index in [2.05, 4.69) is 16.0 Å². The molecule has 0 saturated carbocycles. The number of aromatic nitrogens is 1. The molecule has 1 N–H and O–H groups in total. The lowest BCUT2D eigenvalue weighted by atomic mass is 9.87. The van der Waals surface area contributed by atoms with E-state index >= 15 is 0 Å². The Balaban J connectivity index is 1.87. The second kappa shape index (κ2) is 4.05.